The second-order valence-electron chi connectivity index (χ2n) is 6.65. The molecule has 0 unspecified atom stereocenters. The van der Waals surface area contributed by atoms with Gasteiger partial charge in [0.25, 0.3) is 0 Å². The minimum Gasteiger partial charge on any atom is -0.507 e. The van der Waals surface area contributed by atoms with Crippen LogP contribution in [0.1, 0.15) is 32.1 Å². The number of aromatic hydroxyl groups is 1. The molecule has 4 rings (SSSR count). The standard InChI is InChI=1S/C20H21N3OS2/c24-17-11-10-14(22-20(25)21-13-6-2-1-3-7-13)12-15(17)19-23-16-8-4-5-9-18(16)26-19/h4-5,8-13,24H,1-3,6-7H2,(H2,21,22,25). The van der Waals surface area contributed by atoms with Gasteiger partial charge in [-0.25, -0.2) is 4.98 Å². The topological polar surface area (TPSA) is 57.2 Å². The molecule has 1 saturated carbocycles. The highest BCUT2D eigenvalue weighted by Gasteiger charge is 2.15. The Hall–Kier alpha value is -2.18. The molecule has 0 atom stereocenters. The Balaban J connectivity index is 1.53. The summed E-state index contributed by atoms with van der Waals surface area (Å²) < 4.78 is 1.11. The van der Waals surface area contributed by atoms with Gasteiger partial charge in [-0.3, -0.25) is 0 Å². The summed E-state index contributed by atoms with van der Waals surface area (Å²) in [4.78, 5) is 4.64. The van der Waals surface area contributed by atoms with Crippen LogP contribution >= 0.6 is 23.6 Å². The smallest absolute Gasteiger partial charge is 0.170 e. The van der Waals surface area contributed by atoms with Crippen LogP contribution in [0, 0.1) is 0 Å². The molecule has 0 aliphatic heterocycles. The molecule has 0 bridgehead atoms. The zero-order chi connectivity index (χ0) is 17.9. The lowest BCUT2D eigenvalue weighted by atomic mass is 9.96. The maximum absolute atomic E-state index is 10.3. The second kappa shape index (κ2) is 7.60. The van der Waals surface area contributed by atoms with Crippen LogP contribution in [0.5, 0.6) is 5.75 Å². The number of para-hydroxylation sites is 1. The first-order chi connectivity index (χ1) is 12.7. The zero-order valence-corrected chi connectivity index (χ0v) is 16.0. The number of thiazole rings is 1. The third-order valence-corrected chi connectivity index (χ3v) is 6.01. The molecule has 1 heterocycles. The van der Waals surface area contributed by atoms with Gasteiger partial charge in [0.15, 0.2) is 5.11 Å². The van der Waals surface area contributed by atoms with Crippen LogP contribution in [0.25, 0.3) is 20.8 Å². The number of hydrogen-bond donors (Lipinski definition) is 3. The Bertz CT molecular complexity index is 899. The zero-order valence-electron chi connectivity index (χ0n) is 14.4. The molecule has 2 aromatic carbocycles. The molecule has 0 spiro atoms. The van der Waals surface area contributed by atoms with E-state index < -0.39 is 0 Å². The molecule has 1 fully saturated rings. The van der Waals surface area contributed by atoms with Crippen LogP contribution in [0.3, 0.4) is 0 Å². The second-order valence-corrected chi connectivity index (χ2v) is 8.09. The number of benzene rings is 2. The van der Waals surface area contributed by atoms with Crippen molar-refractivity contribution in [3.8, 4) is 16.3 Å². The predicted octanol–water partition coefficient (Wildman–Crippen LogP) is 5.29. The summed E-state index contributed by atoms with van der Waals surface area (Å²) in [5.41, 5.74) is 2.52. The van der Waals surface area contributed by atoms with Crippen LogP contribution in [-0.4, -0.2) is 21.2 Å². The Morgan fingerprint density at radius 2 is 1.92 bits per heavy atom. The van der Waals surface area contributed by atoms with Gasteiger partial charge in [-0.15, -0.1) is 11.3 Å². The van der Waals surface area contributed by atoms with Crippen LogP contribution in [0.2, 0.25) is 0 Å². The summed E-state index contributed by atoms with van der Waals surface area (Å²) in [7, 11) is 0. The number of phenolic OH excluding ortho intramolecular Hbond substituents is 1. The molecular formula is C20H21N3OS2. The molecular weight excluding hydrogens is 362 g/mol. The summed E-state index contributed by atoms with van der Waals surface area (Å²) in [5.74, 6) is 0.223. The van der Waals surface area contributed by atoms with Crippen molar-refractivity contribution in [3.63, 3.8) is 0 Å². The van der Waals surface area contributed by atoms with E-state index in [9.17, 15) is 5.11 Å². The molecule has 4 nitrogen and oxygen atoms in total. The van der Waals surface area contributed by atoms with Crippen LogP contribution in [0.15, 0.2) is 42.5 Å². The van der Waals surface area contributed by atoms with Crippen molar-refractivity contribution >= 4 is 44.6 Å². The van der Waals surface area contributed by atoms with Gasteiger partial charge in [-0.1, -0.05) is 31.4 Å². The fraction of sp³-hybridized carbons (Fsp3) is 0.300. The lowest BCUT2D eigenvalue weighted by molar-refractivity contribution is 0.415. The van der Waals surface area contributed by atoms with Crippen molar-refractivity contribution in [2.75, 3.05) is 5.32 Å². The van der Waals surface area contributed by atoms with Crippen molar-refractivity contribution in [2.45, 2.75) is 38.1 Å². The molecule has 3 N–H and O–H groups in total. The fourth-order valence-corrected chi connectivity index (χ4v) is 4.65. The average molecular weight is 384 g/mol. The number of nitrogens with one attached hydrogen (secondary N) is 2. The van der Waals surface area contributed by atoms with Gasteiger partial charge in [0.1, 0.15) is 10.8 Å². The maximum Gasteiger partial charge on any atom is 0.170 e. The first kappa shape index (κ1) is 17.2. The number of nitrogens with zero attached hydrogens (tertiary/aromatic N) is 1. The number of thiocarbonyl (C=S) groups is 1. The largest absolute Gasteiger partial charge is 0.507 e. The van der Waals surface area contributed by atoms with Crippen molar-refractivity contribution in [1.82, 2.24) is 10.3 Å². The van der Waals surface area contributed by atoms with Gasteiger partial charge in [-0.05, 0) is 55.4 Å². The van der Waals surface area contributed by atoms with E-state index in [1.165, 1.54) is 32.1 Å². The normalized spacial score (nSPS) is 15.1. The molecule has 1 aliphatic carbocycles. The van der Waals surface area contributed by atoms with E-state index in [1.807, 2.05) is 36.4 Å². The van der Waals surface area contributed by atoms with Gasteiger partial charge in [0, 0.05) is 11.7 Å². The van der Waals surface area contributed by atoms with E-state index in [1.54, 1.807) is 17.4 Å². The van der Waals surface area contributed by atoms with Crippen LogP contribution < -0.4 is 10.6 Å². The number of fused-ring (bicyclic) bond motifs is 1. The van der Waals surface area contributed by atoms with E-state index >= 15 is 0 Å². The van der Waals surface area contributed by atoms with Crippen LogP contribution in [0.4, 0.5) is 5.69 Å². The summed E-state index contributed by atoms with van der Waals surface area (Å²) >= 11 is 7.04. The number of hydrogen-bond acceptors (Lipinski definition) is 4. The first-order valence-corrected chi connectivity index (χ1v) is 10.2. The Morgan fingerprint density at radius 3 is 2.73 bits per heavy atom. The first-order valence-electron chi connectivity index (χ1n) is 8.95. The SMILES string of the molecule is Oc1ccc(NC(=S)NC2CCCCC2)cc1-c1nc2ccccc2s1. The van der Waals surface area contributed by atoms with E-state index in [2.05, 4.69) is 15.6 Å². The third kappa shape index (κ3) is 3.81. The van der Waals surface area contributed by atoms with Crippen molar-refractivity contribution in [2.24, 2.45) is 0 Å². The quantitative estimate of drug-likeness (QED) is 0.424. The lowest BCUT2D eigenvalue weighted by Crippen LogP contribution is -2.38. The molecule has 1 aliphatic rings. The van der Waals surface area contributed by atoms with E-state index in [0.29, 0.717) is 11.2 Å². The van der Waals surface area contributed by atoms with Gasteiger partial charge in [0.2, 0.25) is 0 Å². The average Bonchev–Trinajstić information content (AvgIpc) is 3.08. The van der Waals surface area contributed by atoms with Gasteiger partial charge >= 0.3 is 0 Å². The number of phenols is 1. The molecule has 26 heavy (non-hydrogen) atoms. The highest BCUT2D eigenvalue weighted by molar-refractivity contribution is 7.80. The third-order valence-electron chi connectivity index (χ3n) is 4.72. The minimum absolute atomic E-state index is 0.223. The molecule has 0 radical (unpaired) electrons. The molecule has 1 aromatic heterocycles. The van der Waals surface area contributed by atoms with Crippen LogP contribution in [-0.2, 0) is 0 Å². The molecule has 3 aromatic rings. The molecule has 134 valence electrons. The number of aromatic nitrogens is 1. The number of anilines is 1. The summed E-state index contributed by atoms with van der Waals surface area (Å²) in [6, 6.07) is 13.9. The van der Waals surface area contributed by atoms with Gasteiger partial charge in [-0.2, -0.15) is 0 Å². The predicted molar refractivity (Wildman–Crippen MR) is 113 cm³/mol. The lowest BCUT2D eigenvalue weighted by Gasteiger charge is -2.24. The van der Waals surface area contributed by atoms with Crippen molar-refractivity contribution < 1.29 is 5.11 Å². The maximum atomic E-state index is 10.3. The monoisotopic (exact) mass is 383 g/mol. The fourth-order valence-electron chi connectivity index (χ4n) is 3.37. The molecule has 0 amide bonds. The van der Waals surface area contributed by atoms with E-state index in [0.717, 1.165) is 26.5 Å². The Kier molecular flexibility index (Phi) is 5.04. The Morgan fingerprint density at radius 1 is 1.12 bits per heavy atom. The highest BCUT2D eigenvalue weighted by Crippen LogP contribution is 2.36. The molecule has 6 heteroatoms. The van der Waals surface area contributed by atoms with Crippen molar-refractivity contribution in [3.05, 3.63) is 42.5 Å². The minimum atomic E-state index is 0.223. The Labute approximate surface area is 162 Å². The highest BCUT2D eigenvalue weighted by atomic mass is 32.1. The van der Waals surface area contributed by atoms with Crippen molar-refractivity contribution in [1.29, 1.82) is 0 Å². The van der Waals surface area contributed by atoms with E-state index in [4.69, 9.17) is 12.2 Å². The van der Waals surface area contributed by atoms with Gasteiger partial charge < -0.3 is 15.7 Å². The van der Waals surface area contributed by atoms with E-state index in [-0.39, 0.29) is 5.75 Å². The summed E-state index contributed by atoms with van der Waals surface area (Å²) in [6.45, 7) is 0. The summed E-state index contributed by atoms with van der Waals surface area (Å²) in [5, 5.41) is 18.4. The van der Waals surface area contributed by atoms with Gasteiger partial charge in [0.05, 0.1) is 15.8 Å². The summed E-state index contributed by atoms with van der Waals surface area (Å²) in [6.07, 6.45) is 6.20. The molecule has 0 saturated heterocycles. The number of rotatable bonds is 3.